The number of hydrogen-bond donors (Lipinski definition) is 2. The number of hydrogen-bond acceptors (Lipinski definition) is 4. The van der Waals surface area contributed by atoms with Gasteiger partial charge in [0.05, 0.1) is 7.11 Å². The van der Waals surface area contributed by atoms with E-state index in [1.807, 2.05) is 0 Å². The zero-order valence-corrected chi connectivity index (χ0v) is 14.6. The molecular weight excluding hydrogens is 358 g/mol. The third-order valence-corrected chi connectivity index (χ3v) is 3.91. The summed E-state index contributed by atoms with van der Waals surface area (Å²) in [5.74, 6) is -2.54. The highest BCUT2D eigenvalue weighted by atomic mass is 19.1. The molecular formula is C19H18F2N2O4. The Balaban J connectivity index is 1.55. The summed E-state index contributed by atoms with van der Waals surface area (Å²) in [5.41, 5.74) is 0.522. The van der Waals surface area contributed by atoms with E-state index in [-0.39, 0.29) is 24.1 Å². The van der Waals surface area contributed by atoms with Gasteiger partial charge in [0.15, 0.2) is 24.0 Å². The summed E-state index contributed by atoms with van der Waals surface area (Å²) >= 11 is 0. The van der Waals surface area contributed by atoms with Gasteiger partial charge in [0, 0.05) is 35.5 Å². The molecule has 1 aliphatic rings. The highest BCUT2D eigenvalue weighted by molar-refractivity contribution is 5.94. The van der Waals surface area contributed by atoms with Gasteiger partial charge < -0.3 is 20.1 Å². The summed E-state index contributed by atoms with van der Waals surface area (Å²) in [4.78, 5) is 23.7. The lowest BCUT2D eigenvalue weighted by atomic mass is 10.2. The molecule has 2 N–H and O–H groups in total. The SMILES string of the molecule is COc1c(F)cc(NC(=O)COc2cccc(NC(=O)C3CC3)c2)cc1F. The molecule has 0 heterocycles. The number of ether oxygens (including phenoxy) is 2. The van der Waals surface area contributed by atoms with Crippen molar-refractivity contribution >= 4 is 23.2 Å². The Morgan fingerprint density at radius 1 is 1.07 bits per heavy atom. The molecule has 0 atom stereocenters. The summed E-state index contributed by atoms with van der Waals surface area (Å²) in [6, 6.07) is 8.54. The number of anilines is 2. The Hall–Kier alpha value is -3.16. The molecule has 1 saturated carbocycles. The van der Waals surface area contributed by atoms with Crippen LogP contribution in [0.25, 0.3) is 0 Å². The van der Waals surface area contributed by atoms with Gasteiger partial charge in [-0.05, 0) is 25.0 Å². The number of rotatable bonds is 7. The molecule has 2 aromatic rings. The molecule has 142 valence electrons. The predicted molar refractivity (Wildman–Crippen MR) is 94.8 cm³/mol. The molecule has 0 unspecified atom stereocenters. The summed E-state index contributed by atoms with van der Waals surface area (Å²) in [7, 11) is 1.15. The maximum atomic E-state index is 13.6. The van der Waals surface area contributed by atoms with E-state index in [0.717, 1.165) is 32.1 Å². The van der Waals surface area contributed by atoms with Crippen LogP contribution in [0.15, 0.2) is 36.4 Å². The minimum absolute atomic E-state index is 0.0338. The molecule has 0 bridgehead atoms. The molecule has 8 heteroatoms. The van der Waals surface area contributed by atoms with Crippen molar-refractivity contribution < 1.29 is 27.8 Å². The molecule has 1 fully saturated rings. The van der Waals surface area contributed by atoms with Crippen molar-refractivity contribution in [3.8, 4) is 11.5 Å². The van der Waals surface area contributed by atoms with E-state index in [4.69, 9.17) is 4.74 Å². The van der Waals surface area contributed by atoms with Gasteiger partial charge in [-0.2, -0.15) is 0 Å². The molecule has 2 amide bonds. The van der Waals surface area contributed by atoms with Gasteiger partial charge in [0.2, 0.25) is 5.91 Å². The molecule has 0 saturated heterocycles. The fourth-order valence-electron chi connectivity index (χ4n) is 2.43. The average Bonchev–Trinajstić information content (AvgIpc) is 3.45. The highest BCUT2D eigenvalue weighted by Gasteiger charge is 2.29. The van der Waals surface area contributed by atoms with Gasteiger partial charge in [0.1, 0.15) is 5.75 Å². The van der Waals surface area contributed by atoms with Crippen molar-refractivity contribution in [1.29, 1.82) is 0 Å². The van der Waals surface area contributed by atoms with Gasteiger partial charge in [-0.15, -0.1) is 0 Å². The number of halogens is 2. The van der Waals surface area contributed by atoms with E-state index in [1.54, 1.807) is 24.3 Å². The molecule has 6 nitrogen and oxygen atoms in total. The third-order valence-electron chi connectivity index (χ3n) is 3.91. The van der Waals surface area contributed by atoms with Crippen LogP contribution in [-0.4, -0.2) is 25.5 Å². The van der Waals surface area contributed by atoms with Crippen molar-refractivity contribution in [1.82, 2.24) is 0 Å². The number of carbonyl (C=O) groups excluding carboxylic acids is 2. The number of nitrogens with one attached hydrogen (secondary N) is 2. The second-order valence-corrected chi connectivity index (χ2v) is 6.10. The Morgan fingerprint density at radius 2 is 1.78 bits per heavy atom. The molecule has 27 heavy (non-hydrogen) atoms. The van der Waals surface area contributed by atoms with Crippen LogP contribution >= 0.6 is 0 Å². The number of amides is 2. The summed E-state index contributed by atoms with van der Waals surface area (Å²) in [6.07, 6.45) is 1.80. The average molecular weight is 376 g/mol. The standard InChI is InChI=1S/C19H18F2N2O4/c1-26-18-15(20)8-13(9-16(18)21)22-17(24)10-27-14-4-2-3-12(7-14)23-19(25)11-5-6-11/h2-4,7-9,11H,5-6,10H2,1H3,(H,22,24)(H,23,25). The molecule has 0 spiro atoms. The van der Waals surface area contributed by atoms with Crippen LogP contribution in [0.2, 0.25) is 0 Å². The largest absolute Gasteiger partial charge is 0.491 e. The van der Waals surface area contributed by atoms with Gasteiger partial charge in [0.25, 0.3) is 5.91 Å². The van der Waals surface area contributed by atoms with E-state index < -0.39 is 23.3 Å². The summed E-state index contributed by atoms with van der Waals surface area (Å²) in [5, 5.41) is 5.13. The zero-order valence-electron chi connectivity index (χ0n) is 14.6. The fraction of sp³-hybridized carbons (Fsp3) is 0.263. The lowest BCUT2D eigenvalue weighted by Gasteiger charge is -2.11. The molecule has 0 aliphatic heterocycles. The van der Waals surface area contributed by atoms with Gasteiger partial charge in [-0.1, -0.05) is 6.07 Å². The maximum absolute atomic E-state index is 13.6. The Labute approximate surface area is 154 Å². The van der Waals surface area contributed by atoms with Crippen molar-refractivity contribution in [3.05, 3.63) is 48.0 Å². The van der Waals surface area contributed by atoms with Gasteiger partial charge in [-0.25, -0.2) is 8.78 Å². The smallest absolute Gasteiger partial charge is 0.262 e. The topological polar surface area (TPSA) is 76.7 Å². The minimum atomic E-state index is -0.923. The van der Waals surface area contributed by atoms with E-state index in [9.17, 15) is 18.4 Å². The first-order valence-corrected chi connectivity index (χ1v) is 8.33. The third kappa shape index (κ3) is 4.93. The molecule has 1 aliphatic carbocycles. The Kier molecular flexibility index (Phi) is 5.54. The maximum Gasteiger partial charge on any atom is 0.262 e. The van der Waals surface area contributed by atoms with Crippen LogP contribution in [-0.2, 0) is 9.59 Å². The Bertz CT molecular complexity index is 846. The molecule has 2 aromatic carbocycles. The fourth-order valence-corrected chi connectivity index (χ4v) is 2.43. The first kappa shape index (κ1) is 18.6. The van der Waals surface area contributed by atoms with Gasteiger partial charge >= 0.3 is 0 Å². The normalized spacial score (nSPS) is 13.0. The predicted octanol–water partition coefficient (Wildman–Crippen LogP) is 3.34. The summed E-state index contributed by atoms with van der Waals surface area (Å²) in [6.45, 7) is -0.366. The van der Waals surface area contributed by atoms with E-state index in [0.29, 0.717) is 11.4 Å². The van der Waals surface area contributed by atoms with Crippen LogP contribution < -0.4 is 20.1 Å². The lowest BCUT2D eigenvalue weighted by Crippen LogP contribution is -2.20. The number of carbonyl (C=O) groups is 2. The molecule has 3 rings (SSSR count). The Morgan fingerprint density at radius 3 is 2.41 bits per heavy atom. The second kappa shape index (κ2) is 8.03. The number of benzene rings is 2. The van der Waals surface area contributed by atoms with Crippen molar-refractivity contribution in [3.63, 3.8) is 0 Å². The van der Waals surface area contributed by atoms with Crippen LogP contribution in [0.4, 0.5) is 20.2 Å². The van der Waals surface area contributed by atoms with Crippen LogP contribution in [0.1, 0.15) is 12.8 Å². The highest BCUT2D eigenvalue weighted by Crippen LogP contribution is 2.30. The van der Waals surface area contributed by atoms with Gasteiger partial charge in [-0.3, -0.25) is 9.59 Å². The van der Waals surface area contributed by atoms with Crippen LogP contribution in [0.5, 0.6) is 11.5 Å². The van der Waals surface area contributed by atoms with Crippen molar-refractivity contribution in [2.24, 2.45) is 5.92 Å². The van der Waals surface area contributed by atoms with E-state index >= 15 is 0 Å². The zero-order chi connectivity index (χ0) is 19.4. The molecule has 0 radical (unpaired) electrons. The van der Waals surface area contributed by atoms with E-state index in [2.05, 4.69) is 15.4 Å². The monoisotopic (exact) mass is 376 g/mol. The first-order valence-electron chi connectivity index (χ1n) is 8.33. The quantitative estimate of drug-likeness (QED) is 0.777. The van der Waals surface area contributed by atoms with E-state index in [1.165, 1.54) is 0 Å². The first-order chi connectivity index (χ1) is 13.0. The number of methoxy groups -OCH3 is 1. The second-order valence-electron chi connectivity index (χ2n) is 6.10. The summed E-state index contributed by atoms with van der Waals surface area (Å²) < 4.78 is 37.2. The van der Waals surface area contributed by atoms with Crippen molar-refractivity contribution in [2.45, 2.75) is 12.8 Å². The minimum Gasteiger partial charge on any atom is -0.491 e. The van der Waals surface area contributed by atoms with Crippen molar-refractivity contribution in [2.75, 3.05) is 24.4 Å². The van der Waals surface area contributed by atoms with Crippen LogP contribution in [0, 0.1) is 17.6 Å². The van der Waals surface area contributed by atoms with Crippen LogP contribution in [0.3, 0.4) is 0 Å². The lowest BCUT2D eigenvalue weighted by molar-refractivity contribution is -0.118. The molecule has 0 aromatic heterocycles.